The fourth-order valence-electron chi connectivity index (χ4n) is 2.68. The summed E-state index contributed by atoms with van der Waals surface area (Å²) in [6.45, 7) is 5.51. The summed E-state index contributed by atoms with van der Waals surface area (Å²) in [6.07, 6.45) is -0.643. The zero-order valence-corrected chi connectivity index (χ0v) is 16.1. The monoisotopic (exact) mass is 375 g/mol. The van der Waals surface area contributed by atoms with Gasteiger partial charge in [0, 0.05) is 25.7 Å². The fourth-order valence-corrected chi connectivity index (χ4v) is 2.68. The van der Waals surface area contributed by atoms with Gasteiger partial charge in [-0.15, -0.1) is 0 Å². The topological polar surface area (TPSA) is 96.0 Å². The minimum Gasteiger partial charge on any atom is -0.453 e. The van der Waals surface area contributed by atoms with Crippen molar-refractivity contribution < 1.29 is 23.9 Å². The van der Waals surface area contributed by atoms with Gasteiger partial charge in [-0.3, -0.25) is 19.3 Å². The molecule has 1 aliphatic rings. The second-order valence-corrected chi connectivity index (χ2v) is 6.73. The van der Waals surface area contributed by atoms with E-state index in [1.54, 1.807) is 7.05 Å². The maximum Gasteiger partial charge on any atom is 0.326 e. The van der Waals surface area contributed by atoms with Crippen molar-refractivity contribution in [3.63, 3.8) is 0 Å². The summed E-state index contributed by atoms with van der Waals surface area (Å²) < 4.78 is 5.14. The van der Waals surface area contributed by atoms with Gasteiger partial charge in [-0.05, 0) is 44.4 Å². The summed E-state index contributed by atoms with van der Waals surface area (Å²) in [7, 11) is 1.55. The molecule has 0 spiro atoms. The van der Waals surface area contributed by atoms with Crippen molar-refractivity contribution in [3.05, 3.63) is 29.3 Å². The normalized spacial score (nSPS) is 15.1. The van der Waals surface area contributed by atoms with Gasteiger partial charge in [0.25, 0.3) is 5.91 Å². The van der Waals surface area contributed by atoms with Crippen LogP contribution in [0.2, 0.25) is 0 Å². The lowest BCUT2D eigenvalue weighted by Gasteiger charge is -2.16. The number of aryl methyl sites for hydroxylation is 2. The van der Waals surface area contributed by atoms with E-state index in [1.807, 2.05) is 32.0 Å². The van der Waals surface area contributed by atoms with Gasteiger partial charge >= 0.3 is 12.0 Å². The highest BCUT2D eigenvalue weighted by Gasteiger charge is 2.33. The molecule has 1 N–H and O–H groups in total. The first kappa shape index (κ1) is 20.4. The average Bonchev–Trinajstić information content (AvgIpc) is 2.84. The van der Waals surface area contributed by atoms with E-state index in [0.29, 0.717) is 5.69 Å². The highest BCUT2D eigenvalue weighted by atomic mass is 16.5. The number of benzene rings is 1. The van der Waals surface area contributed by atoms with Gasteiger partial charge in [0.05, 0.1) is 0 Å². The zero-order valence-electron chi connectivity index (χ0n) is 16.1. The molecule has 1 fully saturated rings. The summed E-state index contributed by atoms with van der Waals surface area (Å²) in [5, 5.41) is 2.75. The predicted octanol–water partition coefficient (Wildman–Crippen LogP) is 1.85. The van der Waals surface area contributed by atoms with Crippen LogP contribution in [-0.4, -0.2) is 59.9 Å². The van der Waals surface area contributed by atoms with Gasteiger partial charge in [0.2, 0.25) is 5.91 Å². The van der Waals surface area contributed by atoms with Gasteiger partial charge in [-0.1, -0.05) is 12.1 Å². The molecule has 0 bridgehead atoms. The highest BCUT2D eigenvalue weighted by molar-refractivity contribution is 6.01. The molecule has 1 aromatic carbocycles. The van der Waals surface area contributed by atoms with Crippen molar-refractivity contribution in [2.24, 2.45) is 0 Å². The van der Waals surface area contributed by atoms with Crippen LogP contribution in [-0.2, 0) is 19.1 Å². The van der Waals surface area contributed by atoms with Crippen LogP contribution >= 0.6 is 0 Å². The summed E-state index contributed by atoms with van der Waals surface area (Å²) in [5.41, 5.74) is 2.60. The predicted molar refractivity (Wildman–Crippen MR) is 99.1 cm³/mol. The number of likely N-dealkylation sites (N-methyl/N-ethyl adjacent to an activating group) is 1. The molecule has 8 nitrogen and oxygen atoms in total. The Labute approximate surface area is 158 Å². The molecule has 8 heteroatoms. The van der Waals surface area contributed by atoms with Gasteiger partial charge in [-0.25, -0.2) is 4.79 Å². The first-order valence-corrected chi connectivity index (χ1v) is 8.82. The molecular formula is C19H25N3O5. The first-order valence-electron chi connectivity index (χ1n) is 8.82. The number of ether oxygens (including phenoxy) is 1. The third-order valence-corrected chi connectivity index (χ3v) is 4.32. The van der Waals surface area contributed by atoms with Gasteiger partial charge < -0.3 is 15.0 Å². The number of carbonyl (C=O) groups excluding carboxylic acids is 4. The molecule has 0 aliphatic carbocycles. The van der Waals surface area contributed by atoms with Crippen LogP contribution in [0.25, 0.3) is 0 Å². The van der Waals surface area contributed by atoms with Crippen molar-refractivity contribution in [2.75, 3.05) is 25.5 Å². The van der Waals surface area contributed by atoms with Crippen molar-refractivity contribution >= 4 is 29.5 Å². The van der Waals surface area contributed by atoms with Crippen LogP contribution in [0.3, 0.4) is 0 Å². The molecule has 146 valence electrons. The summed E-state index contributed by atoms with van der Waals surface area (Å²) >= 11 is 0. The molecule has 27 heavy (non-hydrogen) atoms. The molecule has 0 saturated carbocycles. The SMILES string of the molecule is Cc1ccc(C)c(NC(=O)[C@@H](C)OC(=O)CCCN2C(=O)CN(C)C2=O)c1. The average molecular weight is 375 g/mol. The van der Waals surface area contributed by atoms with Crippen LogP contribution in [0.4, 0.5) is 10.5 Å². The number of carbonyl (C=O) groups is 4. The number of amides is 4. The molecule has 1 aromatic rings. The molecule has 1 saturated heterocycles. The van der Waals surface area contributed by atoms with E-state index in [9.17, 15) is 19.2 Å². The largest absolute Gasteiger partial charge is 0.453 e. The second-order valence-electron chi connectivity index (χ2n) is 6.73. The van der Waals surface area contributed by atoms with E-state index >= 15 is 0 Å². The lowest BCUT2D eigenvalue weighted by Crippen LogP contribution is -2.33. The number of imide groups is 1. The molecule has 1 atom stereocenters. The van der Waals surface area contributed by atoms with E-state index in [1.165, 1.54) is 11.8 Å². The van der Waals surface area contributed by atoms with Crippen molar-refractivity contribution in [3.8, 4) is 0 Å². The molecule has 4 amide bonds. The number of nitrogens with zero attached hydrogens (tertiary/aromatic N) is 2. The van der Waals surface area contributed by atoms with E-state index in [0.717, 1.165) is 16.0 Å². The van der Waals surface area contributed by atoms with Crippen LogP contribution in [0.5, 0.6) is 0 Å². The van der Waals surface area contributed by atoms with E-state index in [-0.39, 0.29) is 37.9 Å². The Bertz CT molecular complexity index is 762. The minimum absolute atomic E-state index is 0.0157. The second kappa shape index (κ2) is 8.66. The summed E-state index contributed by atoms with van der Waals surface area (Å²) in [4.78, 5) is 50.0. The molecule has 1 aliphatic heterocycles. The van der Waals surface area contributed by atoms with Crippen LogP contribution < -0.4 is 5.32 Å². The lowest BCUT2D eigenvalue weighted by molar-refractivity contribution is -0.153. The molecule has 0 unspecified atom stereocenters. The van der Waals surface area contributed by atoms with Gasteiger partial charge in [-0.2, -0.15) is 0 Å². The number of hydrogen-bond acceptors (Lipinski definition) is 5. The Hall–Kier alpha value is -2.90. The van der Waals surface area contributed by atoms with Crippen molar-refractivity contribution in [1.29, 1.82) is 0 Å². The smallest absolute Gasteiger partial charge is 0.326 e. The van der Waals surface area contributed by atoms with E-state index < -0.39 is 18.0 Å². The van der Waals surface area contributed by atoms with E-state index in [4.69, 9.17) is 4.74 Å². The molecule has 0 aromatic heterocycles. The number of urea groups is 1. The number of anilines is 1. The third kappa shape index (κ3) is 5.29. The number of nitrogens with one attached hydrogen (secondary N) is 1. The Balaban J connectivity index is 1.78. The Morgan fingerprint density at radius 2 is 1.96 bits per heavy atom. The number of esters is 1. The van der Waals surface area contributed by atoms with Gasteiger partial charge in [0.1, 0.15) is 6.54 Å². The number of hydrogen-bond donors (Lipinski definition) is 1. The standard InChI is InChI=1S/C19H25N3O5/c1-12-7-8-13(2)15(10-12)20-18(25)14(3)27-17(24)6-5-9-22-16(23)11-21(4)19(22)26/h7-8,10,14H,5-6,9,11H2,1-4H3,(H,20,25)/t14-/m1/s1. The first-order chi connectivity index (χ1) is 12.7. The van der Waals surface area contributed by atoms with Gasteiger partial charge in [0.15, 0.2) is 6.10 Å². The summed E-state index contributed by atoms with van der Waals surface area (Å²) in [5.74, 6) is -1.24. The van der Waals surface area contributed by atoms with Crippen molar-refractivity contribution in [2.45, 2.75) is 39.7 Å². The highest BCUT2D eigenvalue weighted by Crippen LogP contribution is 2.17. The summed E-state index contributed by atoms with van der Waals surface area (Å²) in [6, 6.07) is 5.33. The Kier molecular flexibility index (Phi) is 6.55. The maximum absolute atomic E-state index is 12.2. The molecule has 2 rings (SSSR count). The third-order valence-electron chi connectivity index (χ3n) is 4.32. The molecule has 0 radical (unpaired) electrons. The zero-order chi connectivity index (χ0) is 20.1. The molecular weight excluding hydrogens is 350 g/mol. The lowest BCUT2D eigenvalue weighted by atomic mass is 10.1. The Morgan fingerprint density at radius 1 is 1.26 bits per heavy atom. The minimum atomic E-state index is -0.946. The fraction of sp³-hybridized carbons (Fsp3) is 0.474. The Morgan fingerprint density at radius 3 is 2.59 bits per heavy atom. The van der Waals surface area contributed by atoms with E-state index in [2.05, 4.69) is 5.32 Å². The molecule has 1 heterocycles. The van der Waals surface area contributed by atoms with Crippen LogP contribution in [0.1, 0.15) is 30.9 Å². The number of rotatable bonds is 7. The van der Waals surface area contributed by atoms with Crippen molar-refractivity contribution in [1.82, 2.24) is 9.80 Å². The van der Waals surface area contributed by atoms with Crippen LogP contribution in [0, 0.1) is 13.8 Å². The maximum atomic E-state index is 12.2. The quantitative estimate of drug-likeness (QED) is 0.580. The van der Waals surface area contributed by atoms with Crippen LogP contribution in [0.15, 0.2) is 18.2 Å².